The Morgan fingerprint density at radius 1 is 1.31 bits per heavy atom. The summed E-state index contributed by atoms with van der Waals surface area (Å²) in [5, 5.41) is 4.18. The van der Waals surface area contributed by atoms with Crippen molar-refractivity contribution in [3.8, 4) is 0 Å². The highest BCUT2D eigenvalue weighted by molar-refractivity contribution is 7.99. The lowest BCUT2D eigenvalue weighted by atomic mass is 10.2. The van der Waals surface area contributed by atoms with E-state index in [1.807, 2.05) is 11.8 Å². The molecular formula is C13H20ClNS. The fraction of sp³-hybridized carbons (Fsp3) is 0.538. The van der Waals surface area contributed by atoms with Crippen molar-refractivity contribution in [1.29, 1.82) is 0 Å². The summed E-state index contributed by atoms with van der Waals surface area (Å²) in [4.78, 5) is 1.20. The first-order valence-electron chi connectivity index (χ1n) is 5.89. The van der Waals surface area contributed by atoms with Gasteiger partial charge in [-0.2, -0.15) is 0 Å². The second-order valence-electron chi connectivity index (χ2n) is 3.75. The normalized spacial score (nSPS) is 10.7. The minimum Gasteiger partial charge on any atom is -0.313 e. The minimum absolute atomic E-state index is 0.886. The van der Waals surface area contributed by atoms with Crippen LogP contribution in [0.25, 0.3) is 0 Å². The van der Waals surface area contributed by atoms with Crippen molar-refractivity contribution < 1.29 is 0 Å². The molecule has 1 aromatic rings. The van der Waals surface area contributed by atoms with Crippen molar-refractivity contribution in [2.75, 3.05) is 12.3 Å². The molecule has 0 fully saturated rings. The van der Waals surface area contributed by atoms with Crippen LogP contribution in [0.2, 0.25) is 5.02 Å². The van der Waals surface area contributed by atoms with Crippen LogP contribution in [0, 0.1) is 0 Å². The average Bonchev–Trinajstić information content (AvgIpc) is 2.29. The summed E-state index contributed by atoms with van der Waals surface area (Å²) < 4.78 is 0. The Bertz CT molecular complexity index is 315. The van der Waals surface area contributed by atoms with Crippen LogP contribution in [0.5, 0.6) is 0 Å². The quantitative estimate of drug-likeness (QED) is 0.576. The van der Waals surface area contributed by atoms with Gasteiger partial charge in [-0.15, -0.1) is 11.8 Å². The molecule has 0 saturated heterocycles. The number of rotatable bonds is 7. The Hall–Kier alpha value is -0.180. The molecule has 0 unspecified atom stereocenters. The van der Waals surface area contributed by atoms with Crippen LogP contribution in [-0.2, 0) is 6.54 Å². The van der Waals surface area contributed by atoms with Gasteiger partial charge < -0.3 is 5.32 Å². The second kappa shape index (κ2) is 7.99. The van der Waals surface area contributed by atoms with Crippen LogP contribution in [-0.4, -0.2) is 12.3 Å². The molecule has 0 aromatic heterocycles. The molecule has 1 aromatic carbocycles. The van der Waals surface area contributed by atoms with E-state index in [9.17, 15) is 0 Å². The third-order valence-electron chi connectivity index (χ3n) is 2.33. The van der Waals surface area contributed by atoms with Crippen LogP contribution in [0.1, 0.15) is 32.3 Å². The van der Waals surface area contributed by atoms with Gasteiger partial charge in [-0.05, 0) is 36.4 Å². The fourth-order valence-electron chi connectivity index (χ4n) is 1.37. The van der Waals surface area contributed by atoms with Crippen molar-refractivity contribution in [2.24, 2.45) is 0 Å². The Balaban J connectivity index is 2.53. The number of unbranched alkanes of at least 4 members (excludes halogenated alkanes) is 1. The van der Waals surface area contributed by atoms with E-state index < -0.39 is 0 Å². The molecule has 3 heteroatoms. The predicted molar refractivity (Wildman–Crippen MR) is 74.5 cm³/mol. The van der Waals surface area contributed by atoms with Gasteiger partial charge in [0.1, 0.15) is 0 Å². The largest absolute Gasteiger partial charge is 0.313 e. The number of benzene rings is 1. The Kier molecular flexibility index (Phi) is 6.93. The average molecular weight is 258 g/mol. The highest BCUT2D eigenvalue weighted by Gasteiger charge is 2.02. The van der Waals surface area contributed by atoms with E-state index >= 15 is 0 Å². The summed E-state index contributed by atoms with van der Waals surface area (Å²) in [6.07, 6.45) is 2.49. The monoisotopic (exact) mass is 257 g/mol. The first kappa shape index (κ1) is 13.9. The first-order chi connectivity index (χ1) is 7.77. The summed E-state index contributed by atoms with van der Waals surface area (Å²) in [6.45, 7) is 6.21. The summed E-state index contributed by atoms with van der Waals surface area (Å²) in [5.74, 6) is 1.16. The molecule has 0 bridgehead atoms. The maximum Gasteiger partial charge on any atom is 0.0545 e. The summed E-state index contributed by atoms with van der Waals surface area (Å²) in [7, 11) is 0. The summed E-state index contributed by atoms with van der Waals surface area (Å²) in [6, 6.07) is 6.36. The Morgan fingerprint density at radius 3 is 2.75 bits per heavy atom. The molecule has 1 N–H and O–H groups in total. The second-order valence-corrected chi connectivity index (χ2v) is 5.29. The molecular weight excluding hydrogens is 238 g/mol. The molecule has 0 saturated carbocycles. The third-order valence-corrected chi connectivity index (χ3v) is 3.92. The molecule has 16 heavy (non-hydrogen) atoms. The predicted octanol–water partition coefficient (Wildman–Crippen LogP) is 4.34. The van der Waals surface area contributed by atoms with Gasteiger partial charge in [0, 0.05) is 11.4 Å². The van der Waals surface area contributed by atoms with Gasteiger partial charge in [0.05, 0.1) is 5.02 Å². The van der Waals surface area contributed by atoms with E-state index in [0.29, 0.717) is 0 Å². The molecule has 90 valence electrons. The van der Waals surface area contributed by atoms with Gasteiger partial charge >= 0.3 is 0 Å². The van der Waals surface area contributed by atoms with Crippen LogP contribution in [0.4, 0.5) is 0 Å². The highest BCUT2D eigenvalue weighted by atomic mass is 35.5. The Labute approximate surface area is 108 Å². The Morgan fingerprint density at radius 2 is 2.12 bits per heavy atom. The highest BCUT2D eigenvalue weighted by Crippen LogP contribution is 2.28. The van der Waals surface area contributed by atoms with Crippen molar-refractivity contribution >= 4 is 23.4 Å². The van der Waals surface area contributed by atoms with Gasteiger partial charge in [-0.25, -0.2) is 0 Å². The third kappa shape index (κ3) is 4.77. The zero-order chi connectivity index (χ0) is 11.8. The van der Waals surface area contributed by atoms with Crippen LogP contribution < -0.4 is 5.32 Å². The molecule has 0 radical (unpaired) electrons. The zero-order valence-corrected chi connectivity index (χ0v) is 11.6. The van der Waals surface area contributed by atoms with E-state index in [-0.39, 0.29) is 0 Å². The molecule has 0 spiro atoms. The number of thioether (sulfide) groups is 1. The molecule has 0 amide bonds. The van der Waals surface area contributed by atoms with Crippen LogP contribution >= 0.6 is 23.4 Å². The van der Waals surface area contributed by atoms with E-state index in [0.717, 1.165) is 23.9 Å². The molecule has 1 nitrogen and oxygen atoms in total. The van der Waals surface area contributed by atoms with Crippen molar-refractivity contribution in [3.05, 3.63) is 28.8 Å². The SMILES string of the molecule is CCCCSc1ccc(CNCC)cc1Cl. The van der Waals surface area contributed by atoms with E-state index in [2.05, 4.69) is 37.4 Å². The number of hydrogen-bond donors (Lipinski definition) is 1. The fourth-order valence-corrected chi connectivity index (χ4v) is 2.75. The maximum atomic E-state index is 6.24. The minimum atomic E-state index is 0.886. The molecule has 0 heterocycles. The number of halogens is 1. The van der Waals surface area contributed by atoms with Gasteiger partial charge in [0.25, 0.3) is 0 Å². The standard InChI is InChI=1S/C13H20ClNS/c1-3-5-8-16-13-7-6-11(9-12(13)14)10-15-4-2/h6-7,9,15H,3-5,8,10H2,1-2H3. The lowest BCUT2D eigenvalue weighted by Crippen LogP contribution is -2.11. The first-order valence-corrected chi connectivity index (χ1v) is 7.26. The smallest absolute Gasteiger partial charge is 0.0545 e. The van der Waals surface area contributed by atoms with E-state index in [1.165, 1.54) is 23.3 Å². The van der Waals surface area contributed by atoms with Crippen molar-refractivity contribution in [1.82, 2.24) is 5.32 Å². The molecule has 0 aliphatic carbocycles. The lowest BCUT2D eigenvalue weighted by molar-refractivity contribution is 0.726. The molecule has 1 rings (SSSR count). The van der Waals surface area contributed by atoms with E-state index in [4.69, 9.17) is 11.6 Å². The van der Waals surface area contributed by atoms with Gasteiger partial charge in [0.15, 0.2) is 0 Å². The van der Waals surface area contributed by atoms with E-state index in [1.54, 1.807) is 0 Å². The maximum absolute atomic E-state index is 6.24. The molecule has 0 aliphatic rings. The van der Waals surface area contributed by atoms with Gasteiger partial charge in [-0.3, -0.25) is 0 Å². The zero-order valence-electron chi connectivity index (χ0n) is 10.1. The topological polar surface area (TPSA) is 12.0 Å². The number of hydrogen-bond acceptors (Lipinski definition) is 2. The molecule has 0 aliphatic heterocycles. The van der Waals surface area contributed by atoms with Gasteiger partial charge in [-0.1, -0.05) is 37.9 Å². The summed E-state index contributed by atoms with van der Waals surface area (Å²) >= 11 is 8.09. The molecule has 0 atom stereocenters. The van der Waals surface area contributed by atoms with Crippen molar-refractivity contribution in [3.63, 3.8) is 0 Å². The number of nitrogens with one attached hydrogen (secondary N) is 1. The van der Waals surface area contributed by atoms with Crippen LogP contribution in [0.3, 0.4) is 0 Å². The van der Waals surface area contributed by atoms with Gasteiger partial charge in [0.2, 0.25) is 0 Å². The van der Waals surface area contributed by atoms with Crippen LogP contribution in [0.15, 0.2) is 23.1 Å². The summed E-state index contributed by atoms with van der Waals surface area (Å²) in [5.41, 5.74) is 1.26. The lowest BCUT2D eigenvalue weighted by Gasteiger charge is -2.07. The van der Waals surface area contributed by atoms with Crippen molar-refractivity contribution in [2.45, 2.75) is 38.1 Å².